The SMILES string of the molecule is COc1cccc(N(C)S(=O)(=O)c2cc([N+](=O)[O-])ccc2C)c1. The van der Waals surface area contributed by atoms with Gasteiger partial charge in [0.25, 0.3) is 15.7 Å². The van der Waals surface area contributed by atoms with E-state index in [2.05, 4.69) is 0 Å². The molecule has 0 saturated carbocycles. The normalized spacial score (nSPS) is 11.1. The minimum absolute atomic E-state index is 0.1000. The van der Waals surface area contributed by atoms with Gasteiger partial charge in [0.1, 0.15) is 5.75 Å². The zero-order valence-corrected chi connectivity index (χ0v) is 13.7. The van der Waals surface area contributed by atoms with Gasteiger partial charge in [-0.1, -0.05) is 12.1 Å². The first-order valence-corrected chi connectivity index (χ1v) is 8.09. The van der Waals surface area contributed by atoms with E-state index in [1.165, 1.54) is 26.3 Å². The van der Waals surface area contributed by atoms with Crippen LogP contribution in [-0.4, -0.2) is 27.5 Å². The van der Waals surface area contributed by atoms with Crippen molar-refractivity contribution in [3.05, 3.63) is 58.1 Å². The number of non-ortho nitro benzene ring substituents is 1. The van der Waals surface area contributed by atoms with Crippen molar-refractivity contribution in [2.75, 3.05) is 18.5 Å². The molecule has 0 aliphatic rings. The molecule has 0 bridgehead atoms. The molecule has 0 fully saturated rings. The van der Waals surface area contributed by atoms with Crippen molar-refractivity contribution in [1.82, 2.24) is 0 Å². The van der Waals surface area contributed by atoms with Gasteiger partial charge in [0.2, 0.25) is 0 Å². The molecule has 122 valence electrons. The molecule has 0 heterocycles. The first-order chi connectivity index (χ1) is 10.8. The zero-order chi connectivity index (χ0) is 17.2. The maximum absolute atomic E-state index is 12.8. The summed E-state index contributed by atoms with van der Waals surface area (Å²) in [6.45, 7) is 1.59. The van der Waals surface area contributed by atoms with E-state index in [0.29, 0.717) is 17.0 Å². The standard InChI is InChI=1S/C15H16N2O5S/c1-11-7-8-13(17(18)19)10-15(11)23(20,21)16(2)12-5-4-6-14(9-12)22-3/h4-10H,1-3H3. The molecule has 0 saturated heterocycles. The van der Waals surface area contributed by atoms with Gasteiger partial charge < -0.3 is 4.74 Å². The van der Waals surface area contributed by atoms with Crippen molar-refractivity contribution >= 4 is 21.4 Å². The summed E-state index contributed by atoms with van der Waals surface area (Å²) in [5.74, 6) is 0.514. The maximum Gasteiger partial charge on any atom is 0.270 e. The van der Waals surface area contributed by atoms with E-state index in [1.54, 1.807) is 31.2 Å². The van der Waals surface area contributed by atoms with Gasteiger partial charge in [-0.15, -0.1) is 0 Å². The van der Waals surface area contributed by atoms with Gasteiger partial charge in [-0.3, -0.25) is 14.4 Å². The molecule has 2 aromatic carbocycles. The van der Waals surface area contributed by atoms with Crippen LogP contribution in [0.5, 0.6) is 5.75 Å². The minimum atomic E-state index is -3.93. The lowest BCUT2D eigenvalue weighted by Gasteiger charge is -2.21. The summed E-state index contributed by atoms with van der Waals surface area (Å²) in [5.41, 5.74) is 0.564. The van der Waals surface area contributed by atoms with Crippen molar-refractivity contribution in [1.29, 1.82) is 0 Å². The number of rotatable bonds is 5. The van der Waals surface area contributed by atoms with Crippen LogP contribution in [0.15, 0.2) is 47.4 Å². The molecule has 23 heavy (non-hydrogen) atoms. The van der Waals surface area contributed by atoms with Crippen molar-refractivity contribution in [2.45, 2.75) is 11.8 Å². The number of methoxy groups -OCH3 is 1. The number of sulfonamides is 1. The molecule has 0 N–H and O–H groups in total. The Kier molecular flexibility index (Phi) is 4.55. The van der Waals surface area contributed by atoms with Crippen LogP contribution in [0.2, 0.25) is 0 Å². The van der Waals surface area contributed by atoms with Crippen LogP contribution in [-0.2, 0) is 10.0 Å². The Morgan fingerprint density at radius 2 is 1.87 bits per heavy atom. The highest BCUT2D eigenvalue weighted by Gasteiger charge is 2.25. The fourth-order valence-electron chi connectivity index (χ4n) is 2.07. The number of hydrogen-bond donors (Lipinski definition) is 0. The lowest BCUT2D eigenvalue weighted by molar-refractivity contribution is -0.385. The summed E-state index contributed by atoms with van der Waals surface area (Å²) in [7, 11) is -1.05. The van der Waals surface area contributed by atoms with Gasteiger partial charge in [-0.05, 0) is 24.6 Å². The predicted octanol–water partition coefficient (Wildman–Crippen LogP) is 2.74. The van der Waals surface area contributed by atoms with Gasteiger partial charge in [0, 0.05) is 25.2 Å². The van der Waals surface area contributed by atoms with Crippen LogP contribution in [0, 0.1) is 17.0 Å². The molecule has 0 atom stereocenters. The topological polar surface area (TPSA) is 89.8 Å². The second-order valence-corrected chi connectivity index (χ2v) is 6.82. The molecule has 0 spiro atoms. The molecular weight excluding hydrogens is 320 g/mol. The fraction of sp³-hybridized carbons (Fsp3) is 0.200. The molecule has 7 nitrogen and oxygen atoms in total. The van der Waals surface area contributed by atoms with E-state index in [0.717, 1.165) is 10.4 Å². The molecule has 0 aliphatic heterocycles. The van der Waals surface area contributed by atoms with Crippen LogP contribution in [0.3, 0.4) is 0 Å². The molecule has 0 radical (unpaired) electrons. The van der Waals surface area contributed by atoms with Crippen LogP contribution < -0.4 is 9.04 Å². The van der Waals surface area contributed by atoms with Crippen LogP contribution in [0.1, 0.15) is 5.56 Å². The third kappa shape index (κ3) is 3.26. The van der Waals surface area contributed by atoms with Crippen LogP contribution >= 0.6 is 0 Å². The van der Waals surface area contributed by atoms with E-state index in [9.17, 15) is 18.5 Å². The average Bonchev–Trinajstić information content (AvgIpc) is 2.54. The lowest BCUT2D eigenvalue weighted by Crippen LogP contribution is -2.27. The highest BCUT2D eigenvalue weighted by molar-refractivity contribution is 7.92. The first kappa shape index (κ1) is 16.8. The van der Waals surface area contributed by atoms with E-state index in [4.69, 9.17) is 4.74 Å². The maximum atomic E-state index is 12.8. The Bertz CT molecular complexity index is 849. The lowest BCUT2D eigenvalue weighted by atomic mass is 10.2. The van der Waals surface area contributed by atoms with E-state index in [-0.39, 0.29) is 10.6 Å². The quantitative estimate of drug-likeness (QED) is 0.618. The number of aryl methyl sites for hydroxylation is 1. The summed E-state index contributed by atoms with van der Waals surface area (Å²) in [4.78, 5) is 10.2. The Morgan fingerprint density at radius 3 is 2.48 bits per heavy atom. The highest BCUT2D eigenvalue weighted by atomic mass is 32.2. The van der Waals surface area contributed by atoms with Gasteiger partial charge in [-0.2, -0.15) is 0 Å². The molecule has 0 aliphatic carbocycles. The molecule has 2 rings (SSSR count). The molecular formula is C15H16N2O5S. The summed E-state index contributed by atoms with van der Waals surface area (Å²) in [6.07, 6.45) is 0. The largest absolute Gasteiger partial charge is 0.497 e. The van der Waals surface area contributed by atoms with Gasteiger partial charge in [0.05, 0.1) is 22.6 Å². The van der Waals surface area contributed by atoms with Crippen molar-refractivity contribution in [3.63, 3.8) is 0 Å². The number of benzene rings is 2. The average molecular weight is 336 g/mol. The molecule has 0 unspecified atom stereocenters. The van der Waals surface area contributed by atoms with Gasteiger partial charge in [0.15, 0.2) is 0 Å². The number of nitrogens with zero attached hydrogens (tertiary/aromatic N) is 2. The predicted molar refractivity (Wildman–Crippen MR) is 86.4 cm³/mol. The van der Waals surface area contributed by atoms with Crippen molar-refractivity contribution in [3.8, 4) is 5.75 Å². The highest BCUT2D eigenvalue weighted by Crippen LogP contribution is 2.29. The van der Waals surface area contributed by atoms with Crippen molar-refractivity contribution in [2.24, 2.45) is 0 Å². The zero-order valence-electron chi connectivity index (χ0n) is 12.9. The van der Waals surface area contributed by atoms with E-state index in [1.807, 2.05) is 0 Å². The minimum Gasteiger partial charge on any atom is -0.497 e. The Morgan fingerprint density at radius 1 is 1.17 bits per heavy atom. The van der Waals surface area contributed by atoms with Crippen molar-refractivity contribution < 1.29 is 18.1 Å². The molecule has 2 aromatic rings. The van der Waals surface area contributed by atoms with Crippen LogP contribution in [0.4, 0.5) is 11.4 Å². The first-order valence-electron chi connectivity index (χ1n) is 6.65. The summed E-state index contributed by atoms with van der Waals surface area (Å²) in [5, 5.41) is 10.9. The Labute approximate surface area is 134 Å². The smallest absolute Gasteiger partial charge is 0.270 e. The van der Waals surface area contributed by atoms with Gasteiger partial charge in [-0.25, -0.2) is 8.42 Å². The number of ether oxygens (including phenoxy) is 1. The second kappa shape index (κ2) is 6.25. The number of hydrogen-bond acceptors (Lipinski definition) is 5. The third-order valence-corrected chi connectivity index (χ3v) is 5.37. The Hall–Kier alpha value is -2.61. The number of nitro benzene ring substituents is 1. The third-order valence-electron chi connectivity index (χ3n) is 3.44. The monoisotopic (exact) mass is 336 g/mol. The van der Waals surface area contributed by atoms with E-state index >= 15 is 0 Å². The Balaban J connectivity index is 2.53. The van der Waals surface area contributed by atoms with E-state index < -0.39 is 14.9 Å². The number of anilines is 1. The number of nitro groups is 1. The molecule has 0 amide bonds. The molecule has 0 aromatic heterocycles. The van der Waals surface area contributed by atoms with Crippen LogP contribution in [0.25, 0.3) is 0 Å². The molecule has 8 heteroatoms. The second-order valence-electron chi connectivity index (χ2n) is 4.88. The summed E-state index contributed by atoms with van der Waals surface area (Å²) >= 11 is 0. The van der Waals surface area contributed by atoms with Gasteiger partial charge >= 0.3 is 0 Å². The fourth-order valence-corrected chi connectivity index (χ4v) is 3.50. The summed E-state index contributed by atoms with van der Waals surface area (Å²) < 4.78 is 31.7. The summed E-state index contributed by atoms with van der Waals surface area (Å²) in [6, 6.07) is 10.3.